The fourth-order valence-corrected chi connectivity index (χ4v) is 1.93. The summed E-state index contributed by atoms with van der Waals surface area (Å²) in [5.74, 6) is -0.148. The van der Waals surface area contributed by atoms with Crippen LogP contribution in [0.4, 0.5) is 0 Å². The molecule has 0 saturated carbocycles. The van der Waals surface area contributed by atoms with Crippen molar-refractivity contribution in [2.75, 3.05) is 39.3 Å². The van der Waals surface area contributed by atoms with Crippen molar-refractivity contribution < 1.29 is 9.90 Å². The molecule has 0 unspecified atom stereocenters. The van der Waals surface area contributed by atoms with Gasteiger partial charge in [0.1, 0.15) is 6.61 Å². The van der Waals surface area contributed by atoms with Crippen molar-refractivity contribution in [2.24, 2.45) is 5.41 Å². The highest BCUT2D eigenvalue weighted by molar-refractivity contribution is 5.77. The second-order valence-electron chi connectivity index (χ2n) is 5.38. The number of nitrogens with zero attached hydrogens (tertiary/aromatic N) is 2. The maximum absolute atomic E-state index is 11.2. The van der Waals surface area contributed by atoms with Crippen LogP contribution in [0.2, 0.25) is 0 Å². The van der Waals surface area contributed by atoms with Crippen LogP contribution in [0.1, 0.15) is 20.8 Å². The molecule has 4 nitrogen and oxygen atoms in total. The fraction of sp³-hybridized carbons (Fsp3) is 0.909. The van der Waals surface area contributed by atoms with E-state index in [9.17, 15) is 4.79 Å². The summed E-state index contributed by atoms with van der Waals surface area (Å²) < 4.78 is 0. The predicted octanol–water partition coefficient (Wildman–Crippen LogP) is 0.169. The van der Waals surface area contributed by atoms with Crippen molar-refractivity contribution in [3.63, 3.8) is 0 Å². The number of carbonyl (C=O) groups excluding carboxylic acids is 1. The third-order valence-corrected chi connectivity index (χ3v) is 2.56. The number of hydrogen-bond acceptors (Lipinski definition) is 3. The molecular formula is C11H22N2O2. The average Bonchev–Trinajstić information content (AvgIpc) is 2.15. The van der Waals surface area contributed by atoms with Gasteiger partial charge in [0, 0.05) is 32.7 Å². The second-order valence-corrected chi connectivity index (χ2v) is 5.38. The van der Waals surface area contributed by atoms with Crippen LogP contribution in [-0.4, -0.2) is 60.1 Å². The van der Waals surface area contributed by atoms with E-state index in [1.807, 2.05) is 0 Å². The lowest BCUT2D eigenvalue weighted by Gasteiger charge is -2.37. The molecule has 1 fully saturated rings. The summed E-state index contributed by atoms with van der Waals surface area (Å²) in [6.45, 7) is 10.7. The Bertz CT molecular complexity index is 215. The minimum Gasteiger partial charge on any atom is -0.387 e. The van der Waals surface area contributed by atoms with E-state index in [0.717, 1.165) is 32.7 Å². The highest BCUT2D eigenvalue weighted by atomic mass is 16.3. The Kier molecular flexibility index (Phi) is 4.11. The standard InChI is InChI=1S/C11H22N2O2/c1-11(2,3)9-12-4-6-13(7-5-12)10(15)8-14/h14H,4-9H2,1-3H3. The molecule has 1 heterocycles. The minimum absolute atomic E-state index is 0.148. The van der Waals surface area contributed by atoms with Gasteiger partial charge in [-0.1, -0.05) is 20.8 Å². The van der Waals surface area contributed by atoms with Gasteiger partial charge in [0.05, 0.1) is 0 Å². The van der Waals surface area contributed by atoms with E-state index in [0.29, 0.717) is 5.41 Å². The van der Waals surface area contributed by atoms with Crippen LogP contribution in [0.5, 0.6) is 0 Å². The van der Waals surface area contributed by atoms with Gasteiger partial charge in [-0.3, -0.25) is 9.69 Å². The Balaban J connectivity index is 2.33. The molecule has 0 atom stereocenters. The Morgan fingerprint density at radius 3 is 2.13 bits per heavy atom. The van der Waals surface area contributed by atoms with E-state index < -0.39 is 0 Å². The fourth-order valence-electron chi connectivity index (χ4n) is 1.93. The highest BCUT2D eigenvalue weighted by Crippen LogP contribution is 2.16. The zero-order valence-electron chi connectivity index (χ0n) is 9.99. The van der Waals surface area contributed by atoms with Crippen molar-refractivity contribution in [1.29, 1.82) is 0 Å². The zero-order chi connectivity index (χ0) is 11.5. The van der Waals surface area contributed by atoms with Gasteiger partial charge >= 0.3 is 0 Å². The van der Waals surface area contributed by atoms with E-state index in [1.54, 1.807) is 4.90 Å². The van der Waals surface area contributed by atoms with Crippen molar-refractivity contribution in [3.05, 3.63) is 0 Å². The summed E-state index contributed by atoms with van der Waals surface area (Å²) in [5.41, 5.74) is 0.309. The predicted molar refractivity (Wildman–Crippen MR) is 59.6 cm³/mol. The number of rotatable bonds is 2. The Labute approximate surface area is 91.9 Å². The van der Waals surface area contributed by atoms with Crippen molar-refractivity contribution >= 4 is 5.91 Å². The highest BCUT2D eigenvalue weighted by Gasteiger charge is 2.23. The summed E-state index contributed by atoms with van der Waals surface area (Å²) >= 11 is 0. The topological polar surface area (TPSA) is 43.8 Å². The largest absolute Gasteiger partial charge is 0.387 e. The van der Waals surface area contributed by atoms with Crippen LogP contribution in [0.3, 0.4) is 0 Å². The van der Waals surface area contributed by atoms with E-state index in [-0.39, 0.29) is 12.5 Å². The SMILES string of the molecule is CC(C)(C)CN1CCN(C(=O)CO)CC1. The van der Waals surface area contributed by atoms with Gasteiger partial charge in [-0.2, -0.15) is 0 Å². The van der Waals surface area contributed by atoms with Crippen molar-refractivity contribution in [3.8, 4) is 0 Å². The third kappa shape index (κ3) is 4.18. The van der Waals surface area contributed by atoms with Crippen LogP contribution in [0.25, 0.3) is 0 Å². The Hall–Kier alpha value is -0.610. The van der Waals surface area contributed by atoms with Gasteiger partial charge in [-0.25, -0.2) is 0 Å². The van der Waals surface area contributed by atoms with Gasteiger partial charge in [-0.05, 0) is 5.41 Å². The summed E-state index contributed by atoms with van der Waals surface area (Å²) in [6.07, 6.45) is 0. The van der Waals surface area contributed by atoms with Crippen molar-refractivity contribution in [1.82, 2.24) is 9.80 Å². The molecule has 0 aromatic heterocycles. The van der Waals surface area contributed by atoms with E-state index in [2.05, 4.69) is 25.7 Å². The smallest absolute Gasteiger partial charge is 0.248 e. The van der Waals surface area contributed by atoms with Gasteiger partial charge in [0.2, 0.25) is 5.91 Å². The van der Waals surface area contributed by atoms with Gasteiger partial charge in [0.25, 0.3) is 0 Å². The molecule has 0 bridgehead atoms. The number of hydrogen-bond donors (Lipinski definition) is 1. The lowest BCUT2D eigenvalue weighted by Crippen LogP contribution is -2.51. The summed E-state index contributed by atoms with van der Waals surface area (Å²) in [5, 5.41) is 8.73. The first-order valence-electron chi connectivity index (χ1n) is 5.53. The molecule has 1 aliphatic heterocycles. The molecule has 1 saturated heterocycles. The first kappa shape index (κ1) is 12.5. The molecule has 15 heavy (non-hydrogen) atoms. The lowest BCUT2D eigenvalue weighted by molar-refractivity contribution is -0.136. The molecule has 1 N–H and O–H groups in total. The van der Waals surface area contributed by atoms with Crippen LogP contribution in [-0.2, 0) is 4.79 Å². The van der Waals surface area contributed by atoms with Crippen LogP contribution in [0, 0.1) is 5.41 Å². The Morgan fingerprint density at radius 1 is 1.20 bits per heavy atom. The summed E-state index contributed by atoms with van der Waals surface area (Å²) in [7, 11) is 0. The van der Waals surface area contributed by atoms with Gasteiger partial charge in [0.15, 0.2) is 0 Å². The van der Waals surface area contributed by atoms with Crippen LogP contribution < -0.4 is 0 Å². The first-order valence-corrected chi connectivity index (χ1v) is 5.53. The number of amides is 1. The van der Waals surface area contributed by atoms with Crippen molar-refractivity contribution in [2.45, 2.75) is 20.8 Å². The van der Waals surface area contributed by atoms with Gasteiger partial charge in [-0.15, -0.1) is 0 Å². The molecule has 0 aliphatic carbocycles. The minimum atomic E-state index is -0.362. The van der Waals surface area contributed by atoms with E-state index >= 15 is 0 Å². The lowest BCUT2D eigenvalue weighted by atomic mass is 9.96. The average molecular weight is 214 g/mol. The van der Waals surface area contributed by atoms with E-state index in [1.165, 1.54) is 0 Å². The van der Waals surface area contributed by atoms with E-state index in [4.69, 9.17) is 5.11 Å². The number of carbonyl (C=O) groups is 1. The number of aliphatic hydroxyl groups excluding tert-OH is 1. The maximum atomic E-state index is 11.2. The zero-order valence-corrected chi connectivity index (χ0v) is 9.99. The molecule has 88 valence electrons. The number of aliphatic hydroxyl groups is 1. The summed E-state index contributed by atoms with van der Waals surface area (Å²) in [6, 6.07) is 0. The monoisotopic (exact) mass is 214 g/mol. The molecule has 1 aliphatic rings. The second kappa shape index (κ2) is 4.94. The third-order valence-electron chi connectivity index (χ3n) is 2.56. The van der Waals surface area contributed by atoms with Gasteiger partial charge < -0.3 is 10.0 Å². The molecule has 1 rings (SSSR count). The molecule has 4 heteroatoms. The normalized spacial score (nSPS) is 19.3. The van der Waals surface area contributed by atoms with Crippen LogP contribution >= 0.6 is 0 Å². The molecule has 0 radical (unpaired) electrons. The number of piperazine rings is 1. The molecule has 0 spiro atoms. The quantitative estimate of drug-likeness (QED) is 0.712. The Morgan fingerprint density at radius 2 is 1.73 bits per heavy atom. The molecular weight excluding hydrogens is 192 g/mol. The van der Waals surface area contributed by atoms with Crippen LogP contribution in [0.15, 0.2) is 0 Å². The molecule has 1 amide bonds. The first-order chi connectivity index (χ1) is 6.92. The summed E-state index contributed by atoms with van der Waals surface area (Å²) in [4.78, 5) is 15.3. The molecule has 0 aromatic rings. The maximum Gasteiger partial charge on any atom is 0.248 e. The molecule has 0 aromatic carbocycles.